The van der Waals surface area contributed by atoms with E-state index in [4.69, 9.17) is 10.8 Å². The maximum Gasteiger partial charge on any atom is 0.201 e. The first-order valence-corrected chi connectivity index (χ1v) is 5.41. The van der Waals surface area contributed by atoms with Gasteiger partial charge in [0, 0.05) is 30.4 Å². The van der Waals surface area contributed by atoms with Crippen LogP contribution < -0.4 is 5.73 Å². The van der Waals surface area contributed by atoms with E-state index in [2.05, 4.69) is 0 Å². The number of nitrogens with two attached hydrogens (primary N) is 1. The quantitative estimate of drug-likeness (QED) is 0.542. The van der Waals surface area contributed by atoms with Gasteiger partial charge in [-0.3, -0.25) is 0 Å². The first kappa shape index (κ1) is 10.8. The number of hydrogen-bond acceptors (Lipinski definition) is 3. The van der Waals surface area contributed by atoms with E-state index in [1.54, 1.807) is 10.6 Å². The lowest BCUT2D eigenvalue weighted by Gasteiger charge is -2.03. The van der Waals surface area contributed by atoms with Crippen molar-refractivity contribution in [1.29, 1.82) is 0 Å². The van der Waals surface area contributed by atoms with Crippen LogP contribution in [-0.2, 0) is 6.54 Å². The molecule has 0 aliphatic heterocycles. The number of rotatable bonds is 4. The molecule has 2 rings (SSSR count). The summed E-state index contributed by atoms with van der Waals surface area (Å²) in [7, 11) is 0. The van der Waals surface area contributed by atoms with Gasteiger partial charge in [0.2, 0.25) is 5.88 Å². The Morgan fingerprint density at radius 1 is 1.25 bits per heavy atom. The lowest BCUT2D eigenvalue weighted by Crippen LogP contribution is -1.96. The van der Waals surface area contributed by atoms with Crippen LogP contribution in [0.4, 0.5) is 5.69 Å². The van der Waals surface area contributed by atoms with E-state index in [9.17, 15) is 5.11 Å². The lowest BCUT2D eigenvalue weighted by molar-refractivity contribution is 0.279. The van der Waals surface area contributed by atoms with Crippen molar-refractivity contribution in [2.24, 2.45) is 0 Å². The van der Waals surface area contributed by atoms with Crippen molar-refractivity contribution in [1.82, 2.24) is 4.57 Å². The van der Waals surface area contributed by atoms with Gasteiger partial charge in [-0.25, -0.2) is 0 Å². The largest absolute Gasteiger partial charge is 0.494 e. The number of aromatic hydroxyl groups is 1. The number of unbranched alkanes of at least 4 members (excludes halogenated alkanes) is 1. The van der Waals surface area contributed by atoms with Crippen LogP contribution in [0.15, 0.2) is 24.4 Å². The maximum atomic E-state index is 9.99. The van der Waals surface area contributed by atoms with Crippen molar-refractivity contribution in [3.8, 4) is 5.88 Å². The fourth-order valence-electron chi connectivity index (χ4n) is 1.89. The fraction of sp³-hybridized carbons (Fsp3) is 0.333. The highest BCUT2D eigenvalue weighted by molar-refractivity contribution is 5.97. The zero-order valence-corrected chi connectivity index (χ0v) is 9.06. The van der Waals surface area contributed by atoms with Crippen molar-refractivity contribution in [2.75, 3.05) is 12.3 Å². The van der Waals surface area contributed by atoms with Crippen LogP contribution in [0.25, 0.3) is 10.8 Å². The number of nitrogens with zero attached hydrogens (tertiary/aromatic N) is 1. The standard InChI is InChI=1S/C12H16N2O2/c13-10-5-3-4-9-8-14(6-1-2-7-15)12(16)11(9)10/h3-5,8,15-16H,1-2,6-7,13H2. The molecule has 0 unspecified atom stereocenters. The van der Waals surface area contributed by atoms with E-state index >= 15 is 0 Å². The summed E-state index contributed by atoms with van der Waals surface area (Å²) in [5, 5.41) is 20.4. The van der Waals surface area contributed by atoms with Crippen LogP contribution in [0.5, 0.6) is 5.88 Å². The van der Waals surface area contributed by atoms with Crippen molar-refractivity contribution in [2.45, 2.75) is 19.4 Å². The minimum atomic E-state index is 0.184. The Labute approximate surface area is 93.9 Å². The van der Waals surface area contributed by atoms with Crippen molar-refractivity contribution < 1.29 is 10.2 Å². The molecule has 1 aromatic carbocycles. The highest BCUT2D eigenvalue weighted by atomic mass is 16.3. The molecule has 0 bridgehead atoms. The Hall–Kier alpha value is -1.68. The fourth-order valence-corrected chi connectivity index (χ4v) is 1.89. The molecule has 4 nitrogen and oxygen atoms in total. The number of aryl methyl sites for hydroxylation is 1. The molecule has 0 amide bonds. The van der Waals surface area contributed by atoms with Crippen molar-refractivity contribution in [3.05, 3.63) is 24.4 Å². The summed E-state index contributed by atoms with van der Waals surface area (Å²) in [4.78, 5) is 0. The number of fused-ring (bicyclic) bond motifs is 1. The van der Waals surface area contributed by atoms with Crippen molar-refractivity contribution >= 4 is 16.5 Å². The topological polar surface area (TPSA) is 71.4 Å². The van der Waals surface area contributed by atoms with Crippen LogP contribution >= 0.6 is 0 Å². The van der Waals surface area contributed by atoms with E-state index in [0.29, 0.717) is 17.6 Å². The number of benzene rings is 1. The third kappa shape index (κ3) is 1.84. The smallest absolute Gasteiger partial charge is 0.201 e. The number of aliphatic hydroxyl groups is 1. The summed E-state index contributed by atoms with van der Waals surface area (Å²) in [6, 6.07) is 5.57. The van der Waals surface area contributed by atoms with Crippen LogP contribution in [0, 0.1) is 0 Å². The molecule has 0 saturated carbocycles. The summed E-state index contributed by atoms with van der Waals surface area (Å²) < 4.78 is 1.77. The molecule has 86 valence electrons. The summed E-state index contributed by atoms with van der Waals surface area (Å²) in [6.45, 7) is 0.879. The minimum absolute atomic E-state index is 0.184. The zero-order chi connectivity index (χ0) is 11.5. The summed E-state index contributed by atoms with van der Waals surface area (Å²) in [5.74, 6) is 0.214. The zero-order valence-electron chi connectivity index (χ0n) is 9.06. The summed E-state index contributed by atoms with van der Waals surface area (Å²) in [5.41, 5.74) is 6.41. The van der Waals surface area contributed by atoms with Crippen LogP contribution in [0.3, 0.4) is 0 Å². The Morgan fingerprint density at radius 2 is 2.06 bits per heavy atom. The number of nitrogen functional groups attached to an aromatic ring is 1. The summed E-state index contributed by atoms with van der Waals surface area (Å²) in [6.07, 6.45) is 3.47. The van der Waals surface area contributed by atoms with Gasteiger partial charge in [-0.2, -0.15) is 0 Å². The molecule has 4 N–H and O–H groups in total. The van der Waals surface area contributed by atoms with Crippen LogP contribution in [0.1, 0.15) is 12.8 Å². The second-order valence-corrected chi connectivity index (χ2v) is 3.89. The molecule has 0 spiro atoms. The first-order chi connectivity index (χ1) is 7.74. The molecule has 2 aromatic rings. The molecule has 0 aliphatic carbocycles. The average molecular weight is 220 g/mol. The molecular formula is C12H16N2O2. The first-order valence-electron chi connectivity index (χ1n) is 5.41. The van der Waals surface area contributed by atoms with E-state index in [1.807, 2.05) is 18.3 Å². The van der Waals surface area contributed by atoms with Gasteiger partial charge in [-0.1, -0.05) is 12.1 Å². The molecule has 0 radical (unpaired) electrons. The van der Waals surface area contributed by atoms with Gasteiger partial charge in [0.05, 0.1) is 5.39 Å². The molecule has 4 heteroatoms. The second-order valence-electron chi connectivity index (χ2n) is 3.89. The Balaban J connectivity index is 2.33. The van der Waals surface area contributed by atoms with Gasteiger partial charge in [-0.15, -0.1) is 0 Å². The predicted octanol–water partition coefficient (Wildman–Crippen LogP) is 1.70. The van der Waals surface area contributed by atoms with Gasteiger partial charge in [0.25, 0.3) is 0 Å². The number of aromatic nitrogens is 1. The molecule has 0 fully saturated rings. The molecule has 0 aliphatic rings. The average Bonchev–Trinajstić information content (AvgIpc) is 2.58. The Bertz CT molecular complexity index is 491. The minimum Gasteiger partial charge on any atom is -0.494 e. The third-order valence-corrected chi connectivity index (χ3v) is 2.73. The Morgan fingerprint density at radius 3 is 2.75 bits per heavy atom. The van der Waals surface area contributed by atoms with Crippen LogP contribution in [-0.4, -0.2) is 21.4 Å². The number of anilines is 1. The molecule has 1 aromatic heterocycles. The summed E-state index contributed by atoms with van der Waals surface area (Å²) >= 11 is 0. The SMILES string of the molecule is Nc1cccc2cn(CCCCO)c(O)c12. The molecule has 16 heavy (non-hydrogen) atoms. The lowest BCUT2D eigenvalue weighted by atomic mass is 10.2. The van der Waals surface area contributed by atoms with E-state index in [-0.39, 0.29) is 12.5 Å². The van der Waals surface area contributed by atoms with Gasteiger partial charge in [-0.05, 0) is 18.9 Å². The number of hydrogen-bond donors (Lipinski definition) is 3. The van der Waals surface area contributed by atoms with Gasteiger partial charge >= 0.3 is 0 Å². The van der Waals surface area contributed by atoms with Gasteiger partial charge in [0.1, 0.15) is 0 Å². The monoisotopic (exact) mass is 220 g/mol. The van der Waals surface area contributed by atoms with Gasteiger partial charge < -0.3 is 20.5 Å². The molecular weight excluding hydrogens is 204 g/mol. The second kappa shape index (κ2) is 4.45. The highest BCUT2D eigenvalue weighted by Crippen LogP contribution is 2.31. The van der Waals surface area contributed by atoms with Crippen LogP contribution in [0.2, 0.25) is 0 Å². The third-order valence-electron chi connectivity index (χ3n) is 2.73. The van der Waals surface area contributed by atoms with E-state index in [0.717, 1.165) is 18.2 Å². The van der Waals surface area contributed by atoms with E-state index < -0.39 is 0 Å². The maximum absolute atomic E-state index is 9.99. The van der Waals surface area contributed by atoms with Crippen molar-refractivity contribution in [3.63, 3.8) is 0 Å². The molecule has 0 saturated heterocycles. The normalized spacial score (nSPS) is 11.1. The van der Waals surface area contributed by atoms with Gasteiger partial charge in [0.15, 0.2) is 0 Å². The Kier molecular flexibility index (Phi) is 3.01. The molecule has 0 atom stereocenters. The highest BCUT2D eigenvalue weighted by Gasteiger charge is 2.09. The number of aliphatic hydroxyl groups excluding tert-OH is 1. The van der Waals surface area contributed by atoms with E-state index in [1.165, 1.54) is 0 Å². The predicted molar refractivity (Wildman–Crippen MR) is 64.3 cm³/mol. The molecule has 1 heterocycles.